The Hall–Kier alpha value is -3.03. The van der Waals surface area contributed by atoms with Crippen LogP contribution in [0.25, 0.3) is 0 Å². The fourth-order valence-corrected chi connectivity index (χ4v) is 1.48. The second-order valence-electron chi connectivity index (χ2n) is 4.00. The number of ether oxygens (including phenoxy) is 2. The van der Waals surface area contributed by atoms with Gasteiger partial charge in [-0.25, -0.2) is 9.59 Å². The predicted octanol–water partition coefficient (Wildman–Crippen LogP) is 1.48. The Morgan fingerprint density at radius 2 is 1.82 bits per heavy atom. The van der Waals surface area contributed by atoms with Crippen molar-refractivity contribution in [3.63, 3.8) is 0 Å². The van der Waals surface area contributed by atoms with Gasteiger partial charge in [-0.15, -0.1) is 0 Å². The number of benzene rings is 1. The van der Waals surface area contributed by atoms with E-state index in [9.17, 15) is 14.4 Å². The molecule has 8 nitrogen and oxygen atoms in total. The van der Waals surface area contributed by atoms with Crippen molar-refractivity contribution in [3.8, 4) is 11.5 Å². The number of aliphatic carboxylic acids is 2. The van der Waals surface area contributed by atoms with E-state index < -0.39 is 23.5 Å². The van der Waals surface area contributed by atoms with Crippen LogP contribution in [0.2, 0.25) is 0 Å². The molecular formula is C14H15NO7. The van der Waals surface area contributed by atoms with Crippen molar-refractivity contribution in [2.75, 3.05) is 11.9 Å². The van der Waals surface area contributed by atoms with Crippen molar-refractivity contribution < 1.29 is 34.1 Å². The van der Waals surface area contributed by atoms with Gasteiger partial charge in [-0.3, -0.25) is 4.79 Å². The molecule has 0 amide bonds. The van der Waals surface area contributed by atoms with E-state index in [1.807, 2.05) is 0 Å². The third kappa shape index (κ3) is 4.82. The van der Waals surface area contributed by atoms with E-state index in [1.54, 1.807) is 6.92 Å². The van der Waals surface area contributed by atoms with Gasteiger partial charge in [-0.1, -0.05) is 0 Å². The number of carboxylic acids is 2. The first-order valence-corrected chi connectivity index (χ1v) is 6.23. The number of nitrogens with one attached hydrogen (secondary N) is 1. The van der Waals surface area contributed by atoms with Crippen molar-refractivity contribution in [1.29, 1.82) is 0 Å². The standard InChI is InChI=1S/C14H15NO7/c1-3-21-12-6-9(4-5-11(12)22-8(2)16)15-7-10(13(17)18)14(19)20/h4-7,15H,3H2,1-2H3,(H,17,18)(H,19,20). The van der Waals surface area contributed by atoms with Gasteiger partial charge in [-0.2, -0.15) is 0 Å². The molecule has 0 unspecified atom stereocenters. The Labute approximate surface area is 126 Å². The lowest BCUT2D eigenvalue weighted by Gasteiger charge is -2.11. The van der Waals surface area contributed by atoms with E-state index in [-0.39, 0.29) is 11.5 Å². The zero-order valence-electron chi connectivity index (χ0n) is 12.0. The molecule has 0 spiro atoms. The van der Waals surface area contributed by atoms with Crippen LogP contribution in [-0.2, 0) is 14.4 Å². The molecule has 0 atom stereocenters. The summed E-state index contributed by atoms with van der Waals surface area (Å²) in [5.41, 5.74) is -0.443. The van der Waals surface area contributed by atoms with E-state index >= 15 is 0 Å². The highest BCUT2D eigenvalue weighted by atomic mass is 16.6. The number of rotatable bonds is 7. The van der Waals surface area contributed by atoms with Crippen molar-refractivity contribution in [3.05, 3.63) is 30.0 Å². The first kappa shape index (κ1) is 17.0. The molecular weight excluding hydrogens is 294 g/mol. The number of carbonyl (C=O) groups is 3. The fraction of sp³-hybridized carbons (Fsp3) is 0.214. The maximum Gasteiger partial charge on any atom is 0.344 e. The molecule has 0 aliphatic heterocycles. The third-order valence-corrected chi connectivity index (χ3v) is 2.34. The zero-order valence-corrected chi connectivity index (χ0v) is 12.0. The lowest BCUT2D eigenvalue weighted by molar-refractivity contribution is -0.140. The summed E-state index contributed by atoms with van der Waals surface area (Å²) in [5, 5.41) is 20.0. The number of carboxylic acid groups (broad SMARTS) is 2. The minimum absolute atomic E-state index is 0.209. The molecule has 0 fully saturated rings. The van der Waals surface area contributed by atoms with Crippen LogP contribution in [0.15, 0.2) is 30.0 Å². The molecule has 1 aromatic rings. The molecule has 0 aliphatic carbocycles. The zero-order chi connectivity index (χ0) is 16.7. The van der Waals surface area contributed by atoms with Crippen molar-refractivity contribution in [2.24, 2.45) is 0 Å². The topological polar surface area (TPSA) is 122 Å². The Balaban J connectivity index is 3.03. The van der Waals surface area contributed by atoms with Crippen molar-refractivity contribution >= 4 is 23.6 Å². The molecule has 0 radical (unpaired) electrons. The van der Waals surface area contributed by atoms with Gasteiger partial charge in [0.2, 0.25) is 0 Å². The van der Waals surface area contributed by atoms with Crippen LogP contribution in [0.3, 0.4) is 0 Å². The van der Waals surface area contributed by atoms with Crippen LogP contribution in [0, 0.1) is 0 Å². The maximum atomic E-state index is 11.0. The Morgan fingerprint density at radius 1 is 1.18 bits per heavy atom. The lowest BCUT2D eigenvalue weighted by atomic mass is 10.2. The van der Waals surface area contributed by atoms with Gasteiger partial charge in [0, 0.05) is 24.9 Å². The number of anilines is 1. The fourth-order valence-electron chi connectivity index (χ4n) is 1.48. The van der Waals surface area contributed by atoms with Gasteiger partial charge in [0.15, 0.2) is 17.1 Å². The van der Waals surface area contributed by atoms with Gasteiger partial charge < -0.3 is 25.0 Å². The van der Waals surface area contributed by atoms with Crippen LogP contribution in [-0.4, -0.2) is 34.7 Å². The summed E-state index contributed by atoms with van der Waals surface area (Å²) in [6, 6.07) is 4.39. The summed E-state index contributed by atoms with van der Waals surface area (Å²) < 4.78 is 10.3. The van der Waals surface area contributed by atoms with E-state index in [2.05, 4.69) is 5.32 Å². The normalized spacial score (nSPS) is 9.55. The number of hydrogen-bond donors (Lipinski definition) is 3. The molecule has 0 saturated carbocycles. The first-order chi connectivity index (χ1) is 10.3. The largest absolute Gasteiger partial charge is 0.490 e. The molecule has 0 heterocycles. The molecule has 8 heteroatoms. The summed E-state index contributed by atoms with van der Waals surface area (Å²) in [6.45, 7) is 3.31. The van der Waals surface area contributed by atoms with E-state index in [0.717, 1.165) is 6.20 Å². The van der Waals surface area contributed by atoms with E-state index in [4.69, 9.17) is 19.7 Å². The van der Waals surface area contributed by atoms with Crippen molar-refractivity contribution in [1.82, 2.24) is 0 Å². The Morgan fingerprint density at radius 3 is 2.32 bits per heavy atom. The molecule has 3 N–H and O–H groups in total. The minimum atomic E-state index is -1.57. The Bertz CT molecular complexity index is 606. The second-order valence-corrected chi connectivity index (χ2v) is 4.00. The van der Waals surface area contributed by atoms with Crippen LogP contribution in [0.5, 0.6) is 11.5 Å². The van der Waals surface area contributed by atoms with E-state index in [1.165, 1.54) is 25.1 Å². The van der Waals surface area contributed by atoms with Crippen molar-refractivity contribution in [2.45, 2.75) is 13.8 Å². The second kappa shape index (κ2) is 7.67. The molecule has 1 rings (SSSR count). The van der Waals surface area contributed by atoms with Gasteiger partial charge in [-0.05, 0) is 19.1 Å². The summed E-state index contributed by atoms with van der Waals surface area (Å²) in [4.78, 5) is 32.5. The summed E-state index contributed by atoms with van der Waals surface area (Å²) in [7, 11) is 0. The molecule has 0 bridgehead atoms. The highest BCUT2D eigenvalue weighted by molar-refractivity contribution is 6.12. The molecule has 0 aliphatic rings. The molecule has 22 heavy (non-hydrogen) atoms. The van der Waals surface area contributed by atoms with Crippen LogP contribution in [0.1, 0.15) is 13.8 Å². The predicted molar refractivity (Wildman–Crippen MR) is 75.9 cm³/mol. The van der Waals surface area contributed by atoms with Gasteiger partial charge in [0.25, 0.3) is 0 Å². The molecule has 0 saturated heterocycles. The van der Waals surface area contributed by atoms with Gasteiger partial charge in [0.05, 0.1) is 6.61 Å². The lowest BCUT2D eigenvalue weighted by Crippen LogP contribution is -2.13. The average molecular weight is 309 g/mol. The quantitative estimate of drug-likeness (QED) is 0.227. The third-order valence-electron chi connectivity index (χ3n) is 2.34. The van der Waals surface area contributed by atoms with E-state index in [0.29, 0.717) is 12.3 Å². The minimum Gasteiger partial charge on any atom is -0.490 e. The number of carbonyl (C=O) groups excluding carboxylic acids is 1. The first-order valence-electron chi connectivity index (χ1n) is 6.23. The Kier molecular flexibility index (Phi) is 5.94. The maximum absolute atomic E-state index is 11.0. The SMILES string of the molecule is CCOc1cc(NC=C(C(=O)O)C(=O)O)ccc1OC(C)=O. The smallest absolute Gasteiger partial charge is 0.344 e. The van der Waals surface area contributed by atoms with Gasteiger partial charge in [0.1, 0.15) is 0 Å². The summed E-state index contributed by atoms with van der Waals surface area (Å²) >= 11 is 0. The summed E-state index contributed by atoms with van der Waals surface area (Å²) in [6.07, 6.45) is 0.848. The number of hydrogen-bond acceptors (Lipinski definition) is 6. The van der Waals surface area contributed by atoms with Gasteiger partial charge >= 0.3 is 17.9 Å². The van der Waals surface area contributed by atoms with Crippen LogP contribution >= 0.6 is 0 Å². The summed E-state index contributed by atoms with van der Waals surface area (Å²) in [5.74, 6) is -3.17. The molecule has 0 aromatic heterocycles. The van der Waals surface area contributed by atoms with Crippen LogP contribution < -0.4 is 14.8 Å². The monoisotopic (exact) mass is 309 g/mol. The molecule has 1 aromatic carbocycles. The van der Waals surface area contributed by atoms with Crippen LogP contribution in [0.4, 0.5) is 5.69 Å². The highest BCUT2D eigenvalue weighted by Crippen LogP contribution is 2.30. The highest BCUT2D eigenvalue weighted by Gasteiger charge is 2.16. The molecule has 118 valence electrons. The number of esters is 1. The average Bonchev–Trinajstić information content (AvgIpc) is 2.40.